The van der Waals surface area contributed by atoms with Crippen LogP contribution in [0.5, 0.6) is 0 Å². The summed E-state index contributed by atoms with van der Waals surface area (Å²) < 4.78 is 5.72. The Hall–Kier alpha value is -1.14. The van der Waals surface area contributed by atoms with Gasteiger partial charge in [0.2, 0.25) is 5.91 Å². The maximum Gasteiger partial charge on any atom is 0.333 e. The van der Waals surface area contributed by atoms with Crippen molar-refractivity contribution in [2.24, 2.45) is 5.73 Å². The van der Waals surface area contributed by atoms with Gasteiger partial charge >= 0.3 is 5.97 Å². The molecule has 0 aliphatic carbocycles. The van der Waals surface area contributed by atoms with Crippen molar-refractivity contribution < 1.29 is 35.8 Å². The fourth-order valence-electron chi connectivity index (χ4n) is 0.931. The number of ether oxygens (including phenoxy) is 1. The Kier molecular flexibility index (Phi) is 8.59. The summed E-state index contributed by atoms with van der Waals surface area (Å²) in [5, 5.41) is 0. The van der Waals surface area contributed by atoms with E-state index in [1.807, 2.05) is 21.1 Å². The molecule has 0 heterocycles. The Morgan fingerprint density at radius 2 is 1.67 bits per heavy atom. The van der Waals surface area contributed by atoms with Crippen LogP contribution in [0.1, 0.15) is 6.42 Å². The predicted molar refractivity (Wildman–Crippen MR) is 65.9 cm³/mol. The zero-order valence-electron chi connectivity index (χ0n) is 11.2. The number of esters is 1. The van der Waals surface area contributed by atoms with Crippen molar-refractivity contribution in [1.29, 1.82) is 0 Å². The number of quaternary nitrogens is 1. The average molecular weight is 321 g/mol. The minimum absolute atomic E-state index is 0. The van der Waals surface area contributed by atoms with Crippen molar-refractivity contribution in [1.82, 2.24) is 0 Å². The van der Waals surface area contributed by atoms with Crippen molar-refractivity contribution in [2.45, 2.75) is 6.42 Å². The van der Waals surface area contributed by atoms with E-state index in [2.05, 4.69) is 13.2 Å². The Balaban J connectivity index is 0. The fraction of sp³-hybridized carbons (Fsp3) is 0.500. The molecule has 0 radical (unpaired) electrons. The van der Waals surface area contributed by atoms with Gasteiger partial charge in [0.1, 0.15) is 13.2 Å². The first-order valence-electron chi connectivity index (χ1n) is 5.26. The van der Waals surface area contributed by atoms with Gasteiger partial charge in [0, 0.05) is 17.6 Å². The monoisotopic (exact) mass is 320 g/mol. The van der Waals surface area contributed by atoms with E-state index in [1.165, 1.54) is 0 Å². The number of nitrogens with two attached hydrogens (primary N) is 1. The second-order valence-corrected chi connectivity index (χ2v) is 4.90. The Bertz CT molecular complexity index is 346. The molecular formula is C12H21BrN2O3. The highest BCUT2D eigenvalue weighted by molar-refractivity contribution is 5.95. The standard InChI is InChI=1S/C12H20N2O3.BrH/c1-9(11(13)15)8-10(2)12(16)17-7-6-14(3,4)5;/h1-2,6-8H2,3-5H3,(H-,13,15);1H. The Morgan fingerprint density at radius 3 is 2.06 bits per heavy atom. The van der Waals surface area contributed by atoms with E-state index in [4.69, 9.17) is 10.5 Å². The zero-order chi connectivity index (χ0) is 13.6. The van der Waals surface area contributed by atoms with Crippen molar-refractivity contribution in [2.75, 3.05) is 34.3 Å². The van der Waals surface area contributed by atoms with Crippen molar-refractivity contribution >= 4 is 11.9 Å². The van der Waals surface area contributed by atoms with Gasteiger partial charge < -0.3 is 31.9 Å². The number of primary amides is 1. The van der Waals surface area contributed by atoms with Gasteiger partial charge in [0.15, 0.2) is 0 Å². The molecule has 0 saturated heterocycles. The highest BCUT2D eigenvalue weighted by atomic mass is 79.9. The van der Waals surface area contributed by atoms with Crippen LogP contribution in [0.15, 0.2) is 24.3 Å². The lowest BCUT2D eigenvalue weighted by Gasteiger charge is -2.23. The summed E-state index contributed by atoms with van der Waals surface area (Å²) in [6.45, 7) is 8.01. The third-order valence-electron chi connectivity index (χ3n) is 2.06. The molecule has 2 N–H and O–H groups in total. The first-order valence-corrected chi connectivity index (χ1v) is 5.26. The third-order valence-corrected chi connectivity index (χ3v) is 2.06. The van der Waals surface area contributed by atoms with E-state index in [0.717, 1.165) is 0 Å². The minimum atomic E-state index is -0.634. The van der Waals surface area contributed by atoms with Crippen molar-refractivity contribution in [3.05, 3.63) is 24.3 Å². The van der Waals surface area contributed by atoms with Gasteiger partial charge in [-0.1, -0.05) is 13.2 Å². The second-order valence-electron chi connectivity index (χ2n) is 4.90. The molecule has 0 spiro atoms. The van der Waals surface area contributed by atoms with Gasteiger partial charge in [-0.2, -0.15) is 0 Å². The number of rotatable bonds is 7. The van der Waals surface area contributed by atoms with Gasteiger partial charge in [-0.3, -0.25) is 4.79 Å². The molecule has 1 amide bonds. The molecule has 0 aromatic heterocycles. The summed E-state index contributed by atoms with van der Waals surface area (Å²) in [4.78, 5) is 22.2. The normalized spacial score (nSPS) is 10.2. The predicted octanol–water partition coefficient (Wildman–Crippen LogP) is -2.77. The fourth-order valence-corrected chi connectivity index (χ4v) is 0.931. The SMILES string of the molecule is C=C(CC(=C)C(=O)OCC[N+](C)(C)C)C(N)=O.[Br-]. The molecule has 0 saturated carbocycles. The van der Waals surface area contributed by atoms with E-state index >= 15 is 0 Å². The van der Waals surface area contributed by atoms with Crippen LogP contribution in [0.25, 0.3) is 0 Å². The van der Waals surface area contributed by atoms with E-state index < -0.39 is 11.9 Å². The number of halogens is 1. The first kappa shape index (κ1) is 19.2. The lowest BCUT2D eigenvalue weighted by Crippen LogP contribution is -3.00. The summed E-state index contributed by atoms with van der Waals surface area (Å²) in [6, 6.07) is 0. The molecule has 0 aliphatic rings. The molecule has 0 aromatic carbocycles. The summed E-state index contributed by atoms with van der Waals surface area (Å²) in [6.07, 6.45) is 0.0541. The number of carbonyl (C=O) groups is 2. The molecule has 0 unspecified atom stereocenters. The molecule has 0 aliphatic heterocycles. The number of nitrogens with zero attached hydrogens (tertiary/aromatic N) is 1. The van der Waals surface area contributed by atoms with E-state index in [1.54, 1.807) is 0 Å². The molecule has 5 nitrogen and oxygen atoms in total. The molecule has 0 bridgehead atoms. The highest BCUT2D eigenvalue weighted by Gasteiger charge is 2.14. The lowest BCUT2D eigenvalue weighted by molar-refractivity contribution is -0.870. The molecule has 0 rings (SSSR count). The summed E-state index contributed by atoms with van der Waals surface area (Å²) in [5.41, 5.74) is 5.35. The summed E-state index contributed by atoms with van der Waals surface area (Å²) >= 11 is 0. The summed E-state index contributed by atoms with van der Waals surface area (Å²) in [7, 11) is 5.99. The van der Waals surface area contributed by atoms with E-state index in [9.17, 15) is 9.59 Å². The van der Waals surface area contributed by atoms with Gasteiger partial charge in [0.25, 0.3) is 0 Å². The summed E-state index contributed by atoms with van der Waals surface area (Å²) in [5.74, 6) is -1.15. The molecule has 18 heavy (non-hydrogen) atoms. The molecule has 6 heteroatoms. The minimum Gasteiger partial charge on any atom is -1.00 e. The third kappa shape index (κ3) is 8.95. The van der Waals surface area contributed by atoms with Crippen LogP contribution in [0.2, 0.25) is 0 Å². The maximum atomic E-state index is 11.5. The van der Waals surface area contributed by atoms with Crippen LogP contribution in [0, 0.1) is 0 Å². The molecular weight excluding hydrogens is 300 g/mol. The van der Waals surface area contributed by atoms with Crippen LogP contribution in [-0.4, -0.2) is 50.7 Å². The number of hydrogen-bond acceptors (Lipinski definition) is 3. The quantitative estimate of drug-likeness (QED) is 0.314. The first-order chi connectivity index (χ1) is 7.63. The maximum absolute atomic E-state index is 11.5. The zero-order valence-corrected chi connectivity index (χ0v) is 12.7. The Labute approximate surface area is 119 Å². The Morgan fingerprint density at radius 1 is 1.17 bits per heavy atom. The number of hydrogen-bond donors (Lipinski definition) is 1. The number of likely N-dealkylation sites (N-methyl/N-ethyl adjacent to an activating group) is 1. The topological polar surface area (TPSA) is 69.4 Å². The van der Waals surface area contributed by atoms with Crippen molar-refractivity contribution in [3.63, 3.8) is 0 Å². The van der Waals surface area contributed by atoms with Crippen LogP contribution >= 0.6 is 0 Å². The lowest BCUT2D eigenvalue weighted by atomic mass is 10.1. The van der Waals surface area contributed by atoms with Gasteiger partial charge in [-0.25, -0.2) is 4.79 Å². The smallest absolute Gasteiger partial charge is 0.333 e. The number of carbonyl (C=O) groups excluding carboxylic acids is 2. The van der Waals surface area contributed by atoms with Crippen LogP contribution in [0.3, 0.4) is 0 Å². The highest BCUT2D eigenvalue weighted by Crippen LogP contribution is 2.08. The largest absolute Gasteiger partial charge is 1.00 e. The van der Waals surface area contributed by atoms with Crippen LogP contribution < -0.4 is 22.7 Å². The van der Waals surface area contributed by atoms with Crippen LogP contribution in [-0.2, 0) is 14.3 Å². The average Bonchev–Trinajstić information content (AvgIpc) is 2.15. The second kappa shape index (κ2) is 8.05. The molecule has 104 valence electrons. The van der Waals surface area contributed by atoms with Crippen molar-refractivity contribution in [3.8, 4) is 0 Å². The van der Waals surface area contributed by atoms with Gasteiger partial charge in [-0.05, 0) is 0 Å². The molecule has 0 aromatic rings. The van der Waals surface area contributed by atoms with Gasteiger partial charge in [-0.15, -0.1) is 0 Å². The number of amides is 1. The van der Waals surface area contributed by atoms with E-state index in [-0.39, 0.29) is 34.5 Å². The van der Waals surface area contributed by atoms with Gasteiger partial charge in [0.05, 0.1) is 21.1 Å². The molecule has 0 atom stereocenters. The van der Waals surface area contributed by atoms with Crippen LogP contribution in [0.4, 0.5) is 0 Å². The molecule has 0 fully saturated rings. The van der Waals surface area contributed by atoms with E-state index in [0.29, 0.717) is 17.6 Å².